The molecule has 0 aliphatic carbocycles. The molecule has 1 aliphatic heterocycles. The molecule has 3 aromatic rings. The van der Waals surface area contributed by atoms with Crippen LogP contribution in [0, 0.1) is 11.7 Å². The molecule has 0 radical (unpaired) electrons. The minimum absolute atomic E-state index is 0.0428. The van der Waals surface area contributed by atoms with Crippen LogP contribution in [0.4, 0.5) is 33.7 Å². The van der Waals surface area contributed by atoms with E-state index in [-0.39, 0.29) is 46.8 Å². The molecule has 3 aromatic carbocycles. The van der Waals surface area contributed by atoms with E-state index in [9.17, 15) is 40.7 Å². The highest BCUT2D eigenvalue weighted by atomic mass is 32.2. The molecule has 16 heteroatoms. The summed E-state index contributed by atoms with van der Waals surface area (Å²) in [4.78, 5) is 30.0. The Bertz CT molecular complexity index is 1780. The van der Waals surface area contributed by atoms with Crippen LogP contribution in [0.3, 0.4) is 0 Å². The summed E-state index contributed by atoms with van der Waals surface area (Å²) in [6.45, 7) is 5.38. The number of aliphatic hydroxyl groups excluding tert-OH is 1. The number of carbonyl (C=O) groups is 2. The van der Waals surface area contributed by atoms with Crippen LogP contribution in [-0.4, -0.2) is 86.9 Å². The lowest BCUT2D eigenvalue weighted by Crippen LogP contribution is -2.48. The van der Waals surface area contributed by atoms with Crippen LogP contribution in [0.15, 0.2) is 71.6 Å². The fraction of sp³-hybridized carbons (Fsp3) is 0.444. The third kappa shape index (κ3) is 10.8. The standard InChI is InChI=1S/C36H44F4N4O7S/c1-23-20-44(24(2)22-45)34(46)31-19-29(42-52(48,49)30-15-10-27(37)11-16-30)14-17-32(31)51-25(3)7-5-6-18-50-33(23)21-43(4)35(47)41-28-12-8-26(9-13-28)36(38,39)40/h8-17,19,23-25,33,42,45H,5-7,18,20-22H2,1-4H3,(H,41,47)/t23-,24-,25-,33-/m0/s1. The van der Waals surface area contributed by atoms with Gasteiger partial charge in [0.05, 0.1) is 40.9 Å². The second-order valence-corrected chi connectivity index (χ2v) is 14.6. The number of sulfonamides is 1. The maximum atomic E-state index is 14.3. The summed E-state index contributed by atoms with van der Waals surface area (Å²) in [6.07, 6.45) is -3.49. The summed E-state index contributed by atoms with van der Waals surface area (Å²) in [6, 6.07) is 11.4. The first-order valence-corrected chi connectivity index (χ1v) is 18.3. The summed E-state index contributed by atoms with van der Waals surface area (Å²) < 4.78 is 93.5. The van der Waals surface area contributed by atoms with E-state index >= 15 is 0 Å². The summed E-state index contributed by atoms with van der Waals surface area (Å²) in [5, 5.41) is 12.8. The Balaban J connectivity index is 1.59. The first kappa shape index (κ1) is 40.4. The minimum Gasteiger partial charge on any atom is -0.490 e. The lowest BCUT2D eigenvalue weighted by molar-refractivity contribution is -0.137. The number of likely N-dealkylation sites (N-methyl/N-ethyl adjacent to an activating group) is 1. The maximum absolute atomic E-state index is 14.3. The van der Waals surface area contributed by atoms with Crippen molar-refractivity contribution < 1.29 is 50.1 Å². The van der Waals surface area contributed by atoms with Crippen LogP contribution in [0.1, 0.15) is 56.0 Å². The van der Waals surface area contributed by atoms with E-state index in [0.29, 0.717) is 25.9 Å². The first-order chi connectivity index (χ1) is 24.5. The number of amides is 3. The number of carbonyl (C=O) groups excluding carboxylic acids is 2. The van der Waals surface area contributed by atoms with E-state index in [0.717, 1.165) is 48.5 Å². The van der Waals surface area contributed by atoms with Crippen molar-refractivity contribution in [2.45, 2.75) is 69.4 Å². The average Bonchev–Trinajstić information content (AvgIpc) is 3.09. The highest BCUT2D eigenvalue weighted by Crippen LogP contribution is 2.31. The van der Waals surface area contributed by atoms with E-state index in [1.165, 1.54) is 35.0 Å². The lowest BCUT2D eigenvalue weighted by Gasteiger charge is -2.35. The van der Waals surface area contributed by atoms with Gasteiger partial charge in [0.1, 0.15) is 11.6 Å². The fourth-order valence-electron chi connectivity index (χ4n) is 5.59. The first-order valence-electron chi connectivity index (χ1n) is 16.8. The number of alkyl halides is 3. The number of anilines is 2. The Labute approximate surface area is 300 Å². The molecule has 0 bridgehead atoms. The second kappa shape index (κ2) is 17.4. The van der Waals surface area contributed by atoms with Crippen molar-refractivity contribution in [3.63, 3.8) is 0 Å². The molecule has 3 amide bonds. The number of fused-ring (bicyclic) bond motifs is 1. The van der Waals surface area contributed by atoms with E-state index in [2.05, 4.69) is 10.0 Å². The fourth-order valence-corrected chi connectivity index (χ4v) is 6.64. The van der Waals surface area contributed by atoms with Gasteiger partial charge in [0.25, 0.3) is 15.9 Å². The Kier molecular flexibility index (Phi) is 13.5. The molecule has 0 saturated heterocycles. The number of benzene rings is 3. The number of rotatable bonds is 8. The highest BCUT2D eigenvalue weighted by molar-refractivity contribution is 7.92. The zero-order chi connectivity index (χ0) is 38.2. The molecular weight excluding hydrogens is 708 g/mol. The summed E-state index contributed by atoms with van der Waals surface area (Å²) in [5.41, 5.74) is -0.572. The van der Waals surface area contributed by atoms with Gasteiger partial charge in [-0.3, -0.25) is 9.52 Å². The van der Waals surface area contributed by atoms with Crippen molar-refractivity contribution in [1.29, 1.82) is 0 Å². The molecular formula is C36H44F4N4O7S. The van der Waals surface area contributed by atoms with E-state index < -0.39 is 64.2 Å². The van der Waals surface area contributed by atoms with E-state index in [1.54, 1.807) is 6.92 Å². The highest BCUT2D eigenvalue weighted by Gasteiger charge is 2.32. The van der Waals surface area contributed by atoms with Crippen LogP contribution in [0.2, 0.25) is 0 Å². The molecule has 11 nitrogen and oxygen atoms in total. The predicted octanol–water partition coefficient (Wildman–Crippen LogP) is 6.60. The van der Waals surface area contributed by atoms with Crippen LogP contribution in [0.5, 0.6) is 5.75 Å². The normalized spacial score (nSPS) is 19.8. The monoisotopic (exact) mass is 752 g/mol. The molecule has 4 atom stereocenters. The molecule has 4 rings (SSSR count). The van der Waals surface area contributed by atoms with Crippen LogP contribution in [0.25, 0.3) is 0 Å². The van der Waals surface area contributed by atoms with Gasteiger partial charge in [-0.05, 0) is 99.8 Å². The number of halogens is 4. The van der Waals surface area contributed by atoms with Crippen LogP contribution >= 0.6 is 0 Å². The molecule has 1 aliphatic rings. The van der Waals surface area contributed by atoms with Gasteiger partial charge in [-0.15, -0.1) is 0 Å². The number of hydrogen-bond donors (Lipinski definition) is 3. The van der Waals surface area contributed by atoms with Gasteiger partial charge >= 0.3 is 12.2 Å². The van der Waals surface area contributed by atoms with Crippen molar-refractivity contribution in [3.05, 3.63) is 83.7 Å². The van der Waals surface area contributed by atoms with Crippen molar-refractivity contribution in [2.75, 3.05) is 43.4 Å². The Morgan fingerprint density at radius 1 is 1.04 bits per heavy atom. The molecule has 0 aromatic heterocycles. The second-order valence-electron chi connectivity index (χ2n) is 13.0. The Hall–Kier alpha value is -4.41. The van der Waals surface area contributed by atoms with Gasteiger partial charge in [0.2, 0.25) is 0 Å². The lowest BCUT2D eigenvalue weighted by atomic mass is 10.0. The number of ether oxygens (including phenoxy) is 2. The number of nitrogens with one attached hydrogen (secondary N) is 2. The molecule has 284 valence electrons. The molecule has 1 heterocycles. The molecule has 0 saturated carbocycles. The SMILES string of the molecule is C[C@H]1CCCCO[C@@H](CN(C)C(=O)Nc2ccc(C(F)(F)F)cc2)[C@@H](C)CN([C@@H](C)CO)C(=O)c2cc(NS(=O)(=O)c3ccc(F)cc3)ccc2O1. The summed E-state index contributed by atoms with van der Waals surface area (Å²) in [5.74, 6) is -1.35. The van der Waals surface area contributed by atoms with Gasteiger partial charge in [0, 0.05) is 44.0 Å². The third-order valence-electron chi connectivity index (χ3n) is 8.69. The molecule has 52 heavy (non-hydrogen) atoms. The van der Waals surface area contributed by atoms with Crippen molar-refractivity contribution in [1.82, 2.24) is 9.80 Å². The topological polar surface area (TPSA) is 138 Å². The smallest absolute Gasteiger partial charge is 0.416 e. The van der Waals surface area contributed by atoms with Gasteiger partial charge in [-0.1, -0.05) is 6.92 Å². The van der Waals surface area contributed by atoms with Crippen LogP contribution in [-0.2, 0) is 20.9 Å². The average molecular weight is 753 g/mol. The van der Waals surface area contributed by atoms with E-state index in [4.69, 9.17) is 9.47 Å². The molecule has 0 spiro atoms. The Morgan fingerprint density at radius 2 is 1.69 bits per heavy atom. The van der Waals surface area contributed by atoms with Gasteiger partial charge in [-0.25, -0.2) is 17.6 Å². The van der Waals surface area contributed by atoms with Crippen molar-refractivity contribution in [3.8, 4) is 5.75 Å². The van der Waals surface area contributed by atoms with Crippen molar-refractivity contribution >= 4 is 33.3 Å². The quantitative estimate of drug-likeness (QED) is 0.221. The third-order valence-corrected chi connectivity index (χ3v) is 10.1. The number of hydrogen-bond acceptors (Lipinski definition) is 7. The predicted molar refractivity (Wildman–Crippen MR) is 187 cm³/mol. The van der Waals surface area contributed by atoms with Gasteiger partial charge in [0.15, 0.2) is 0 Å². The number of urea groups is 1. The largest absolute Gasteiger partial charge is 0.490 e. The number of aliphatic hydroxyl groups is 1. The molecule has 0 unspecified atom stereocenters. The van der Waals surface area contributed by atoms with E-state index in [1.807, 2.05) is 13.8 Å². The van der Waals surface area contributed by atoms with Crippen molar-refractivity contribution in [2.24, 2.45) is 5.92 Å². The zero-order valence-corrected chi connectivity index (χ0v) is 30.1. The Morgan fingerprint density at radius 3 is 2.33 bits per heavy atom. The zero-order valence-electron chi connectivity index (χ0n) is 29.3. The van der Waals surface area contributed by atoms with Gasteiger partial charge in [-0.2, -0.15) is 13.2 Å². The molecule has 0 fully saturated rings. The molecule has 3 N–H and O–H groups in total. The number of nitrogens with zero attached hydrogens (tertiary/aromatic N) is 2. The maximum Gasteiger partial charge on any atom is 0.416 e. The van der Waals surface area contributed by atoms with Crippen LogP contribution < -0.4 is 14.8 Å². The minimum atomic E-state index is -4.51. The summed E-state index contributed by atoms with van der Waals surface area (Å²) >= 11 is 0. The summed E-state index contributed by atoms with van der Waals surface area (Å²) in [7, 11) is -2.63. The van der Waals surface area contributed by atoms with Gasteiger partial charge < -0.3 is 29.7 Å².